The van der Waals surface area contributed by atoms with Crippen LogP contribution in [0, 0.1) is 6.92 Å². The molecule has 1 saturated heterocycles. The van der Waals surface area contributed by atoms with Crippen LogP contribution >= 0.6 is 11.6 Å². The Morgan fingerprint density at radius 2 is 1.86 bits per heavy atom. The summed E-state index contributed by atoms with van der Waals surface area (Å²) in [7, 11) is -3.76. The number of carbonyl (C=O) groups excluding carboxylic acids is 1. The first-order valence-corrected chi connectivity index (χ1v) is 11.2. The number of hydrogen-bond donors (Lipinski definition) is 1. The molecule has 0 radical (unpaired) electrons. The molecule has 2 aromatic rings. The Morgan fingerprint density at radius 1 is 1.18 bits per heavy atom. The summed E-state index contributed by atoms with van der Waals surface area (Å²) in [6, 6.07) is 11.2. The first kappa shape index (κ1) is 20.8. The van der Waals surface area contributed by atoms with E-state index in [1.807, 2.05) is 25.1 Å². The highest BCUT2D eigenvalue weighted by atomic mass is 35.5. The molecule has 1 aliphatic rings. The van der Waals surface area contributed by atoms with Gasteiger partial charge in [0.25, 0.3) is 0 Å². The lowest BCUT2D eigenvalue weighted by Gasteiger charge is -2.25. The number of sulfonamides is 1. The predicted molar refractivity (Wildman–Crippen MR) is 112 cm³/mol. The lowest BCUT2D eigenvalue weighted by atomic mass is 9.98. The van der Waals surface area contributed by atoms with Crippen molar-refractivity contribution >= 4 is 33.2 Å². The highest BCUT2D eigenvalue weighted by Crippen LogP contribution is 2.31. The second-order valence-corrected chi connectivity index (χ2v) is 9.74. The number of amides is 1. The third-order valence-corrected chi connectivity index (χ3v) is 7.28. The van der Waals surface area contributed by atoms with Crippen LogP contribution in [0.2, 0.25) is 5.02 Å². The molecule has 0 aliphatic carbocycles. The summed E-state index contributed by atoms with van der Waals surface area (Å²) in [6.07, 6.45) is 1.15. The third kappa shape index (κ3) is 4.09. The maximum Gasteiger partial charge on any atom is 0.243 e. The largest absolute Gasteiger partial charge is 0.324 e. The Balaban J connectivity index is 1.87. The number of para-hydroxylation sites is 1. The van der Waals surface area contributed by atoms with E-state index in [9.17, 15) is 13.2 Å². The molecule has 0 bridgehead atoms. The van der Waals surface area contributed by atoms with Crippen LogP contribution in [0.15, 0.2) is 47.4 Å². The van der Waals surface area contributed by atoms with Gasteiger partial charge in [0.2, 0.25) is 15.9 Å². The van der Waals surface area contributed by atoms with Gasteiger partial charge in [-0.05, 0) is 61.1 Å². The standard InChI is InChI=1S/C21H25ClN2O3S/c1-14(2)18-7-4-6-15(3)20(18)23-21(25)19-8-5-13-24(19)28(26,27)17-11-9-16(22)10-12-17/h4,6-7,9-12,14,19H,5,8,13H2,1-3H3,(H,23,25). The number of nitrogens with zero attached hydrogens (tertiary/aromatic N) is 1. The summed E-state index contributed by atoms with van der Waals surface area (Å²) in [6.45, 7) is 6.40. The van der Waals surface area contributed by atoms with Crippen molar-refractivity contribution in [2.45, 2.75) is 50.5 Å². The van der Waals surface area contributed by atoms with Gasteiger partial charge in [0.15, 0.2) is 0 Å². The fourth-order valence-corrected chi connectivity index (χ4v) is 5.36. The molecular formula is C21H25ClN2O3S. The van der Waals surface area contributed by atoms with Crippen LogP contribution in [-0.2, 0) is 14.8 Å². The highest BCUT2D eigenvalue weighted by Gasteiger charge is 2.39. The average molecular weight is 421 g/mol. The highest BCUT2D eigenvalue weighted by molar-refractivity contribution is 7.89. The lowest BCUT2D eigenvalue weighted by Crippen LogP contribution is -2.43. The van der Waals surface area contributed by atoms with Gasteiger partial charge in [-0.3, -0.25) is 4.79 Å². The topological polar surface area (TPSA) is 66.5 Å². The fourth-order valence-electron chi connectivity index (χ4n) is 3.58. The maximum atomic E-state index is 13.1. The van der Waals surface area contributed by atoms with Gasteiger partial charge < -0.3 is 5.32 Å². The van der Waals surface area contributed by atoms with Crippen molar-refractivity contribution < 1.29 is 13.2 Å². The van der Waals surface area contributed by atoms with E-state index >= 15 is 0 Å². The van der Waals surface area contributed by atoms with Gasteiger partial charge in [0.1, 0.15) is 6.04 Å². The SMILES string of the molecule is Cc1cccc(C(C)C)c1NC(=O)C1CCCN1S(=O)(=O)c1ccc(Cl)cc1. The molecule has 1 atom stereocenters. The second-order valence-electron chi connectivity index (χ2n) is 7.41. The zero-order chi connectivity index (χ0) is 20.5. The number of aryl methyl sites for hydroxylation is 1. The second kappa shape index (κ2) is 8.23. The van der Waals surface area contributed by atoms with Gasteiger partial charge in [0, 0.05) is 17.3 Å². The van der Waals surface area contributed by atoms with E-state index in [0.717, 1.165) is 16.8 Å². The van der Waals surface area contributed by atoms with E-state index in [1.54, 1.807) is 12.1 Å². The molecule has 150 valence electrons. The van der Waals surface area contributed by atoms with Crippen LogP contribution in [-0.4, -0.2) is 31.2 Å². The molecule has 7 heteroatoms. The van der Waals surface area contributed by atoms with Crippen molar-refractivity contribution in [3.8, 4) is 0 Å². The lowest BCUT2D eigenvalue weighted by molar-refractivity contribution is -0.119. The van der Waals surface area contributed by atoms with Gasteiger partial charge in [0.05, 0.1) is 4.90 Å². The Kier molecular flexibility index (Phi) is 6.12. The summed E-state index contributed by atoms with van der Waals surface area (Å²) in [5.74, 6) is -0.0427. The summed E-state index contributed by atoms with van der Waals surface area (Å²) in [5.41, 5.74) is 2.78. The van der Waals surface area contributed by atoms with Crippen LogP contribution in [0.4, 0.5) is 5.69 Å². The van der Waals surface area contributed by atoms with Crippen LogP contribution in [0.25, 0.3) is 0 Å². The van der Waals surface area contributed by atoms with Gasteiger partial charge in [-0.2, -0.15) is 4.31 Å². The van der Waals surface area contributed by atoms with Crippen LogP contribution in [0.3, 0.4) is 0 Å². The number of anilines is 1. The molecule has 1 heterocycles. The van der Waals surface area contributed by atoms with Gasteiger partial charge in [-0.1, -0.05) is 43.6 Å². The Bertz CT molecular complexity index is 972. The average Bonchev–Trinajstić information content (AvgIpc) is 3.14. The van der Waals surface area contributed by atoms with E-state index in [1.165, 1.54) is 16.4 Å². The molecule has 28 heavy (non-hydrogen) atoms. The van der Waals surface area contributed by atoms with Gasteiger partial charge >= 0.3 is 0 Å². The van der Waals surface area contributed by atoms with Crippen molar-refractivity contribution in [1.29, 1.82) is 0 Å². The van der Waals surface area contributed by atoms with Crippen molar-refractivity contribution in [3.63, 3.8) is 0 Å². The van der Waals surface area contributed by atoms with Crippen LogP contribution in [0.1, 0.15) is 43.7 Å². The number of rotatable bonds is 5. The molecule has 1 N–H and O–H groups in total. The molecule has 1 unspecified atom stereocenters. The number of nitrogens with one attached hydrogen (secondary N) is 1. The van der Waals surface area contributed by atoms with Crippen molar-refractivity contribution in [2.24, 2.45) is 0 Å². The minimum Gasteiger partial charge on any atom is -0.324 e. The summed E-state index contributed by atoms with van der Waals surface area (Å²) >= 11 is 5.87. The molecule has 0 aromatic heterocycles. The van der Waals surface area contributed by atoms with Gasteiger partial charge in [-0.15, -0.1) is 0 Å². The molecule has 5 nitrogen and oxygen atoms in total. The molecule has 1 fully saturated rings. The summed E-state index contributed by atoms with van der Waals surface area (Å²) in [4.78, 5) is 13.2. The smallest absolute Gasteiger partial charge is 0.243 e. The quantitative estimate of drug-likeness (QED) is 0.770. The predicted octanol–water partition coefficient (Wildman–Crippen LogP) is 4.56. The monoisotopic (exact) mass is 420 g/mol. The Morgan fingerprint density at radius 3 is 2.50 bits per heavy atom. The number of hydrogen-bond acceptors (Lipinski definition) is 3. The molecular weight excluding hydrogens is 396 g/mol. The Labute approximate surface area is 171 Å². The fraction of sp³-hybridized carbons (Fsp3) is 0.381. The number of benzene rings is 2. The van der Waals surface area contributed by atoms with E-state index in [4.69, 9.17) is 11.6 Å². The van der Waals surface area contributed by atoms with Crippen molar-refractivity contribution in [3.05, 3.63) is 58.6 Å². The van der Waals surface area contributed by atoms with Crippen molar-refractivity contribution in [2.75, 3.05) is 11.9 Å². The van der Waals surface area contributed by atoms with E-state index in [0.29, 0.717) is 24.4 Å². The Hall–Kier alpha value is -1.89. The minimum absolute atomic E-state index is 0.148. The van der Waals surface area contributed by atoms with Gasteiger partial charge in [-0.25, -0.2) is 8.42 Å². The number of carbonyl (C=O) groups is 1. The van der Waals surface area contributed by atoms with Crippen molar-refractivity contribution in [1.82, 2.24) is 4.31 Å². The molecule has 3 rings (SSSR count). The van der Waals surface area contributed by atoms with E-state index in [2.05, 4.69) is 19.2 Å². The normalized spacial score (nSPS) is 17.8. The van der Waals surface area contributed by atoms with Crippen LogP contribution in [0.5, 0.6) is 0 Å². The first-order chi connectivity index (χ1) is 13.2. The summed E-state index contributed by atoms with van der Waals surface area (Å²) in [5, 5.41) is 3.47. The molecule has 1 amide bonds. The van der Waals surface area contributed by atoms with E-state index in [-0.39, 0.29) is 16.7 Å². The minimum atomic E-state index is -3.76. The molecule has 2 aromatic carbocycles. The zero-order valence-corrected chi connectivity index (χ0v) is 17.8. The first-order valence-electron chi connectivity index (χ1n) is 9.39. The molecule has 1 aliphatic heterocycles. The maximum absolute atomic E-state index is 13.1. The zero-order valence-electron chi connectivity index (χ0n) is 16.3. The molecule has 0 saturated carbocycles. The van der Waals surface area contributed by atoms with E-state index < -0.39 is 16.1 Å². The third-order valence-electron chi connectivity index (χ3n) is 5.10. The molecule has 0 spiro atoms. The van der Waals surface area contributed by atoms with Crippen LogP contribution < -0.4 is 5.32 Å². The summed E-state index contributed by atoms with van der Waals surface area (Å²) < 4.78 is 27.4. The number of halogens is 1.